The third-order valence-electron chi connectivity index (χ3n) is 2.31. The molecule has 0 spiro atoms. The molecule has 0 bridgehead atoms. The van der Waals surface area contributed by atoms with Crippen molar-refractivity contribution in [3.8, 4) is 0 Å². The number of rotatable bonds is 5. The van der Waals surface area contributed by atoms with E-state index in [1.54, 1.807) is 36.6 Å². The minimum Gasteiger partial charge on any atom is -0.349 e. The minimum atomic E-state index is -0.0976. The van der Waals surface area contributed by atoms with E-state index in [9.17, 15) is 4.79 Å². The summed E-state index contributed by atoms with van der Waals surface area (Å²) in [5.74, 6) is 0.425. The molecule has 2 rings (SSSR count). The molecule has 94 valence electrons. The van der Waals surface area contributed by atoms with Gasteiger partial charge in [-0.15, -0.1) is 0 Å². The van der Waals surface area contributed by atoms with E-state index in [2.05, 4.69) is 25.5 Å². The standard InChI is InChI=1S/C11H14N6O/c1-17(11-12-4-2-5-13-11)8-10(18)14-7-9-3-6-15-16-9/h2-6H,7-8H2,1H3,(H,14,18)(H,15,16). The van der Waals surface area contributed by atoms with Crippen LogP contribution in [0.3, 0.4) is 0 Å². The molecule has 0 aliphatic heterocycles. The highest BCUT2D eigenvalue weighted by atomic mass is 16.2. The van der Waals surface area contributed by atoms with E-state index in [1.165, 1.54) is 0 Å². The quantitative estimate of drug-likeness (QED) is 0.772. The van der Waals surface area contributed by atoms with Crippen LogP contribution < -0.4 is 10.2 Å². The van der Waals surface area contributed by atoms with Crippen molar-refractivity contribution in [1.82, 2.24) is 25.5 Å². The molecular formula is C11H14N6O. The molecule has 2 heterocycles. The summed E-state index contributed by atoms with van der Waals surface area (Å²) >= 11 is 0. The molecule has 0 saturated heterocycles. The fourth-order valence-corrected chi connectivity index (χ4v) is 1.41. The molecule has 0 saturated carbocycles. The lowest BCUT2D eigenvalue weighted by atomic mass is 10.4. The molecule has 0 aromatic carbocycles. The van der Waals surface area contributed by atoms with E-state index in [0.29, 0.717) is 12.5 Å². The van der Waals surface area contributed by atoms with Crippen LogP contribution >= 0.6 is 0 Å². The van der Waals surface area contributed by atoms with Crippen LogP contribution in [0.15, 0.2) is 30.7 Å². The van der Waals surface area contributed by atoms with Crippen LogP contribution in [0.4, 0.5) is 5.95 Å². The molecule has 0 atom stereocenters. The maximum atomic E-state index is 11.7. The summed E-state index contributed by atoms with van der Waals surface area (Å²) in [4.78, 5) is 21.5. The first-order chi connectivity index (χ1) is 8.75. The second-order valence-electron chi connectivity index (χ2n) is 3.76. The number of nitrogens with one attached hydrogen (secondary N) is 2. The van der Waals surface area contributed by atoms with Crippen LogP contribution in [-0.2, 0) is 11.3 Å². The summed E-state index contributed by atoms with van der Waals surface area (Å²) in [7, 11) is 1.77. The number of hydrogen-bond acceptors (Lipinski definition) is 5. The highest BCUT2D eigenvalue weighted by Crippen LogP contribution is 2.00. The van der Waals surface area contributed by atoms with Crippen molar-refractivity contribution in [3.63, 3.8) is 0 Å². The maximum absolute atomic E-state index is 11.7. The van der Waals surface area contributed by atoms with Gasteiger partial charge >= 0.3 is 0 Å². The van der Waals surface area contributed by atoms with Gasteiger partial charge < -0.3 is 10.2 Å². The number of aromatic amines is 1. The molecule has 2 N–H and O–H groups in total. The Morgan fingerprint density at radius 2 is 2.17 bits per heavy atom. The summed E-state index contributed by atoms with van der Waals surface area (Å²) in [6.07, 6.45) is 4.92. The lowest BCUT2D eigenvalue weighted by molar-refractivity contribution is -0.119. The van der Waals surface area contributed by atoms with Crippen LogP contribution in [-0.4, -0.2) is 39.7 Å². The van der Waals surface area contributed by atoms with Crippen LogP contribution in [0, 0.1) is 0 Å². The van der Waals surface area contributed by atoms with Crippen molar-refractivity contribution in [2.45, 2.75) is 6.54 Å². The lowest BCUT2D eigenvalue weighted by Crippen LogP contribution is -2.35. The molecule has 2 aromatic rings. The molecule has 0 aliphatic rings. The Morgan fingerprint density at radius 3 is 2.83 bits per heavy atom. The highest BCUT2D eigenvalue weighted by Gasteiger charge is 2.08. The Morgan fingerprint density at radius 1 is 1.39 bits per heavy atom. The summed E-state index contributed by atoms with van der Waals surface area (Å²) in [5, 5.41) is 9.35. The Labute approximate surface area is 104 Å². The zero-order chi connectivity index (χ0) is 12.8. The number of aromatic nitrogens is 4. The molecule has 1 amide bonds. The number of carbonyl (C=O) groups excluding carboxylic acids is 1. The van der Waals surface area contributed by atoms with Crippen LogP contribution in [0.2, 0.25) is 0 Å². The zero-order valence-corrected chi connectivity index (χ0v) is 10.00. The van der Waals surface area contributed by atoms with Crippen molar-refractivity contribution in [2.24, 2.45) is 0 Å². The van der Waals surface area contributed by atoms with E-state index in [-0.39, 0.29) is 12.5 Å². The number of amides is 1. The van der Waals surface area contributed by atoms with Gasteiger partial charge in [0.25, 0.3) is 0 Å². The first kappa shape index (κ1) is 12.0. The Hall–Kier alpha value is -2.44. The van der Waals surface area contributed by atoms with Gasteiger partial charge in [-0.3, -0.25) is 9.89 Å². The largest absolute Gasteiger partial charge is 0.349 e. The molecule has 0 fully saturated rings. The van der Waals surface area contributed by atoms with E-state index in [1.807, 2.05) is 6.07 Å². The SMILES string of the molecule is CN(CC(=O)NCc1ccn[nH]1)c1ncccn1. The fourth-order valence-electron chi connectivity index (χ4n) is 1.41. The minimum absolute atomic E-state index is 0.0976. The van der Waals surface area contributed by atoms with Crippen LogP contribution in [0.25, 0.3) is 0 Å². The second kappa shape index (κ2) is 5.76. The van der Waals surface area contributed by atoms with Crippen LogP contribution in [0.5, 0.6) is 0 Å². The average Bonchev–Trinajstić information content (AvgIpc) is 2.90. The number of H-pyrrole nitrogens is 1. The predicted octanol–water partition coefficient (Wildman–Crippen LogP) is -0.0477. The normalized spacial score (nSPS) is 10.1. The monoisotopic (exact) mass is 246 g/mol. The lowest BCUT2D eigenvalue weighted by Gasteiger charge is -2.15. The fraction of sp³-hybridized carbons (Fsp3) is 0.273. The smallest absolute Gasteiger partial charge is 0.239 e. The first-order valence-electron chi connectivity index (χ1n) is 5.49. The second-order valence-corrected chi connectivity index (χ2v) is 3.76. The molecular weight excluding hydrogens is 232 g/mol. The van der Waals surface area contributed by atoms with Crippen molar-refractivity contribution in [2.75, 3.05) is 18.5 Å². The predicted molar refractivity (Wildman–Crippen MR) is 65.7 cm³/mol. The van der Waals surface area contributed by atoms with Crippen molar-refractivity contribution >= 4 is 11.9 Å². The zero-order valence-electron chi connectivity index (χ0n) is 10.00. The first-order valence-corrected chi connectivity index (χ1v) is 5.49. The van der Waals surface area contributed by atoms with Gasteiger partial charge in [-0.1, -0.05) is 0 Å². The Kier molecular flexibility index (Phi) is 3.85. The van der Waals surface area contributed by atoms with E-state index < -0.39 is 0 Å². The summed E-state index contributed by atoms with van der Waals surface area (Å²) < 4.78 is 0. The molecule has 0 radical (unpaired) electrons. The molecule has 7 heteroatoms. The number of likely N-dealkylation sites (N-methyl/N-ethyl adjacent to an activating group) is 1. The third kappa shape index (κ3) is 3.27. The third-order valence-corrected chi connectivity index (χ3v) is 2.31. The van der Waals surface area contributed by atoms with Crippen LogP contribution in [0.1, 0.15) is 5.69 Å². The number of hydrogen-bond donors (Lipinski definition) is 2. The number of carbonyl (C=O) groups is 1. The number of nitrogens with zero attached hydrogens (tertiary/aromatic N) is 4. The molecule has 0 aliphatic carbocycles. The number of anilines is 1. The highest BCUT2D eigenvalue weighted by molar-refractivity contribution is 5.80. The molecule has 2 aromatic heterocycles. The molecule has 7 nitrogen and oxygen atoms in total. The van der Waals surface area contributed by atoms with Crippen molar-refractivity contribution < 1.29 is 4.79 Å². The van der Waals surface area contributed by atoms with Gasteiger partial charge in [-0.2, -0.15) is 5.10 Å². The van der Waals surface area contributed by atoms with Gasteiger partial charge in [0, 0.05) is 25.6 Å². The Balaban J connectivity index is 1.80. The van der Waals surface area contributed by atoms with Crippen molar-refractivity contribution in [1.29, 1.82) is 0 Å². The van der Waals surface area contributed by atoms with Gasteiger partial charge in [0.2, 0.25) is 11.9 Å². The van der Waals surface area contributed by atoms with E-state index >= 15 is 0 Å². The van der Waals surface area contributed by atoms with Gasteiger partial charge in [0.1, 0.15) is 0 Å². The van der Waals surface area contributed by atoms with E-state index in [4.69, 9.17) is 0 Å². The molecule has 0 unspecified atom stereocenters. The van der Waals surface area contributed by atoms with Gasteiger partial charge in [-0.25, -0.2) is 9.97 Å². The van der Waals surface area contributed by atoms with Gasteiger partial charge in [-0.05, 0) is 12.1 Å². The topological polar surface area (TPSA) is 86.8 Å². The summed E-state index contributed by atoms with van der Waals surface area (Å²) in [6.45, 7) is 0.639. The van der Waals surface area contributed by atoms with Gasteiger partial charge in [0.05, 0.1) is 18.8 Å². The summed E-state index contributed by atoms with van der Waals surface area (Å²) in [5.41, 5.74) is 0.863. The van der Waals surface area contributed by atoms with Gasteiger partial charge in [0.15, 0.2) is 0 Å². The molecule has 18 heavy (non-hydrogen) atoms. The average molecular weight is 246 g/mol. The van der Waals surface area contributed by atoms with Crippen molar-refractivity contribution in [3.05, 3.63) is 36.4 Å². The summed E-state index contributed by atoms with van der Waals surface area (Å²) in [6, 6.07) is 3.54. The Bertz CT molecular complexity index is 483. The maximum Gasteiger partial charge on any atom is 0.239 e. The van der Waals surface area contributed by atoms with E-state index in [0.717, 1.165) is 5.69 Å².